The number of nitrogens with one attached hydrogen (secondary N) is 1. The maximum atomic E-state index is 12.1. The van der Waals surface area contributed by atoms with E-state index in [0.717, 1.165) is 5.56 Å². The molecular weight excluding hydrogens is 278 g/mol. The van der Waals surface area contributed by atoms with Gasteiger partial charge in [0.1, 0.15) is 0 Å². The molecule has 0 radical (unpaired) electrons. The van der Waals surface area contributed by atoms with Gasteiger partial charge in [0.15, 0.2) is 0 Å². The zero-order valence-electron chi connectivity index (χ0n) is 13.3. The molecule has 5 heteroatoms. The average Bonchev–Trinajstić information content (AvgIpc) is 2.88. The molecule has 0 aromatic heterocycles. The number of carbonyl (C=O) groups excluding carboxylic acids is 2. The number of benzene rings is 1. The van der Waals surface area contributed by atoms with E-state index in [0.29, 0.717) is 32.6 Å². The van der Waals surface area contributed by atoms with Crippen LogP contribution in [0, 0.1) is 18.8 Å². The van der Waals surface area contributed by atoms with Crippen molar-refractivity contribution in [1.29, 1.82) is 0 Å². The molecule has 1 aromatic carbocycles. The number of nitrogens with zero attached hydrogens (tertiary/aromatic N) is 1. The molecule has 2 rings (SSSR count). The molecule has 3 N–H and O–H groups in total. The molecule has 22 heavy (non-hydrogen) atoms. The molecule has 1 saturated heterocycles. The highest BCUT2D eigenvalue weighted by molar-refractivity contribution is 5.89. The SMILES string of the molecule is Cc1ccc(CN2CC(C(=O)NCC(C)CN)CC2=O)cc1. The van der Waals surface area contributed by atoms with Crippen molar-refractivity contribution in [1.82, 2.24) is 10.2 Å². The fourth-order valence-corrected chi connectivity index (χ4v) is 2.52. The molecular formula is C17H25N3O2. The zero-order valence-corrected chi connectivity index (χ0v) is 13.3. The summed E-state index contributed by atoms with van der Waals surface area (Å²) in [6.45, 7) is 6.20. The van der Waals surface area contributed by atoms with Gasteiger partial charge in [-0.25, -0.2) is 0 Å². The molecule has 5 nitrogen and oxygen atoms in total. The van der Waals surface area contributed by atoms with Crippen LogP contribution < -0.4 is 11.1 Å². The van der Waals surface area contributed by atoms with Gasteiger partial charge in [-0.2, -0.15) is 0 Å². The lowest BCUT2D eigenvalue weighted by Crippen LogP contribution is -2.36. The molecule has 0 aliphatic carbocycles. The van der Waals surface area contributed by atoms with E-state index in [2.05, 4.69) is 5.32 Å². The fourth-order valence-electron chi connectivity index (χ4n) is 2.52. The lowest BCUT2D eigenvalue weighted by Gasteiger charge is -2.17. The van der Waals surface area contributed by atoms with Crippen molar-refractivity contribution < 1.29 is 9.59 Å². The summed E-state index contributed by atoms with van der Waals surface area (Å²) in [6.07, 6.45) is 0.300. The number of hydrogen-bond acceptors (Lipinski definition) is 3. The van der Waals surface area contributed by atoms with Gasteiger partial charge in [0.25, 0.3) is 0 Å². The van der Waals surface area contributed by atoms with Crippen LogP contribution in [0.25, 0.3) is 0 Å². The maximum absolute atomic E-state index is 12.1. The predicted molar refractivity (Wildman–Crippen MR) is 85.9 cm³/mol. The van der Waals surface area contributed by atoms with Crippen LogP contribution in [0.5, 0.6) is 0 Å². The Bertz CT molecular complexity index is 527. The molecule has 2 amide bonds. The van der Waals surface area contributed by atoms with Gasteiger partial charge in [0, 0.05) is 26.1 Å². The van der Waals surface area contributed by atoms with Gasteiger partial charge < -0.3 is 16.0 Å². The molecule has 0 bridgehead atoms. The minimum atomic E-state index is -0.247. The van der Waals surface area contributed by atoms with Crippen LogP contribution in [-0.2, 0) is 16.1 Å². The molecule has 1 aliphatic heterocycles. The van der Waals surface area contributed by atoms with E-state index in [1.165, 1.54) is 5.56 Å². The Balaban J connectivity index is 1.87. The Kier molecular flexibility index (Phi) is 5.55. The number of aryl methyl sites for hydroxylation is 1. The molecule has 1 aromatic rings. The van der Waals surface area contributed by atoms with Crippen molar-refractivity contribution >= 4 is 11.8 Å². The van der Waals surface area contributed by atoms with E-state index in [9.17, 15) is 9.59 Å². The first-order chi connectivity index (χ1) is 10.5. The molecule has 1 fully saturated rings. The predicted octanol–water partition coefficient (Wildman–Crippen LogP) is 1.05. The van der Waals surface area contributed by atoms with Gasteiger partial charge >= 0.3 is 0 Å². The third kappa shape index (κ3) is 4.31. The van der Waals surface area contributed by atoms with Crippen LogP contribution in [0.4, 0.5) is 0 Å². The highest BCUT2D eigenvalue weighted by atomic mass is 16.2. The van der Waals surface area contributed by atoms with Crippen LogP contribution >= 0.6 is 0 Å². The van der Waals surface area contributed by atoms with Crippen molar-refractivity contribution in [3.63, 3.8) is 0 Å². The monoisotopic (exact) mass is 303 g/mol. The minimum Gasteiger partial charge on any atom is -0.355 e. The zero-order chi connectivity index (χ0) is 16.1. The number of rotatable bonds is 6. The summed E-state index contributed by atoms with van der Waals surface area (Å²) in [5.41, 5.74) is 7.83. The van der Waals surface area contributed by atoms with Crippen LogP contribution in [-0.4, -0.2) is 36.3 Å². The molecule has 2 unspecified atom stereocenters. The Morgan fingerprint density at radius 2 is 2.09 bits per heavy atom. The Morgan fingerprint density at radius 1 is 1.41 bits per heavy atom. The molecule has 1 aliphatic rings. The molecule has 120 valence electrons. The first kappa shape index (κ1) is 16.5. The highest BCUT2D eigenvalue weighted by Gasteiger charge is 2.34. The summed E-state index contributed by atoms with van der Waals surface area (Å²) in [6, 6.07) is 8.13. The van der Waals surface area contributed by atoms with Gasteiger partial charge in [-0.1, -0.05) is 36.8 Å². The lowest BCUT2D eigenvalue weighted by molar-refractivity contribution is -0.129. The molecule has 0 spiro atoms. The Morgan fingerprint density at radius 3 is 2.73 bits per heavy atom. The second kappa shape index (κ2) is 7.40. The number of likely N-dealkylation sites (tertiary alicyclic amines) is 1. The third-order valence-corrected chi connectivity index (χ3v) is 4.11. The van der Waals surface area contributed by atoms with E-state index in [-0.39, 0.29) is 23.7 Å². The van der Waals surface area contributed by atoms with Crippen LogP contribution in [0.1, 0.15) is 24.5 Å². The van der Waals surface area contributed by atoms with Crippen molar-refractivity contribution in [2.24, 2.45) is 17.6 Å². The van der Waals surface area contributed by atoms with Crippen molar-refractivity contribution in [3.8, 4) is 0 Å². The van der Waals surface area contributed by atoms with Gasteiger partial charge in [0.05, 0.1) is 5.92 Å². The second-order valence-electron chi connectivity index (χ2n) is 6.25. The summed E-state index contributed by atoms with van der Waals surface area (Å²) >= 11 is 0. The van der Waals surface area contributed by atoms with E-state index in [1.807, 2.05) is 38.1 Å². The summed E-state index contributed by atoms with van der Waals surface area (Å²) < 4.78 is 0. The maximum Gasteiger partial charge on any atom is 0.225 e. The lowest BCUT2D eigenvalue weighted by atomic mass is 10.1. The Hall–Kier alpha value is -1.88. The highest BCUT2D eigenvalue weighted by Crippen LogP contribution is 2.20. The number of hydrogen-bond donors (Lipinski definition) is 2. The summed E-state index contributed by atoms with van der Waals surface area (Å²) in [5, 5.41) is 2.89. The number of carbonyl (C=O) groups is 2. The van der Waals surface area contributed by atoms with Crippen LogP contribution in [0.15, 0.2) is 24.3 Å². The van der Waals surface area contributed by atoms with Crippen molar-refractivity contribution in [3.05, 3.63) is 35.4 Å². The van der Waals surface area contributed by atoms with Crippen LogP contribution in [0.2, 0.25) is 0 Å². The number of amides is 2. The topological polar surface area (TPSA) is 75.4 Å². The largest absolute Gasteiger partial charge is 0.355 e. The van der Waals surface area contributed by atoms with Crippen molar-refractivity contribution in [2.45, 2.75) is 26.8 Å². The summed E-state index contributed by atoms with van der Waals surface area (Å²) in [5.74, 6) is 0.0142. The van der Waals surface area contributed by atoms with E-state index < -0.39 is 0 Å². The molecule has 1 heterocycles. The second-order valence-corrected chi connectivity index (χ2v) is 6.25. The van der Waals surface area contributed by atoms with Crippen LogP contribution in [0.3, 0.4) is 0 Å². The minimum absolute atomic E-state index is 0.0416. The fraction of sp³-hybridized carbons (Fsp3) is 0.529. The quantitative estimate of drug-likeness (QED) is 0.825. The van der Waals surface area contributed by atoms with Gasteiger partial charge in [-0.15, -0.1) is 0 Å². The number of nitrogens with two attached hydrogens (primary N) is 1. The molecule has 0 saturated carbocycles. The summed E-state index contributed by atoms with van der Waals surface area (Å²) in [4.78, 5) is 26.0. The smallest absolute Gasteiger partial charge is 0.225 e. The van der Waals surface area contributed by atoms with Gasteiger partial charge in [0.2, 0.25) is 11.8 Å². The first-order valence-corrected chi connectivity index (χ1v) is 7.80. The van der Waals surface area contributed by atoms with Gasteiger partial charge in [-0.3, -0.25) is 9.59 Å². The van der Waals surface area contributed by atoms with Gasteiger partial charge in [-0.05, 0) is 24.9 Å². The van der Waals surface area contributed by atoms with Crippen molar-refractivity contribution in [2.75, 3.05) is 19.6 Å². The van der Waals surface area contributed by atoms with E-state index >= 15 is 0 Å². The Labute approximate surface area is 131 Å². The first-order valence-electron chi connectivity index (χ1n) is 7.80. The summed E-state index contributed by atoms with van der Waals surface area (Å²) in [7, 11) is 0. The third-order valence-electron chi connectivity index (χ3n) is 4.11. The molecule has 2 atom stereocenters. The standard InChI is InChI=1S/C17H25N3O2/c1-12-3-5-14(6-4-12)10-20-11-15(7-16(20)21)17(22)19-9-13(2)8-18/h3-6,13,15H,7-11,18H2,1-2H3,(H,19,22). The van der Waals surface area contributed by atoms with E-state index in [4.69, 9.17) is 5.73 Å². The average molecular weight is 303 g/mol. The normalized spacial score (nSPS) is 19.3. The van der Waals surface area contributed by atoms with E-state index in [1.54, 1.807) is 4.90 Å².